The van der Waals surface area contributed by atoms with Gasteiger partial charge in [0.1, 0.15) is 0 Å². The Kier molecular flexibility index (Phi) is 22.6. The molecule has 12 aromatic rings. The van der Waals surface area contributed by atoms with Crippen LogP contribution in [0.2, 0.25) is 0 Å². The molecule has 2 aliphatic carbocycles. The van der Waals surface area contributed by atoms with Crippen LogP contribution in [0, 0.1) is 0 Å². The Morgan fingerprint density at radius 2 is 0.513 bits per heavy atom. The second kappa shape index (κ2) is 30.6. The lowest BCUT2D eigenvalue weighted by Crippen LogP contribution is -2.17. The predicted octanol–water partition coefficient (Wildman–Crippen LogP) is 32.5. The van der Waals surface area contributed by atoms with Crippen LogP contribution in [0.4, 0.5) is 17.1 Å². The first kappa shape index (κ1) is 83.4. The normalized spacial score (nSPS) is 13.9. The van der Waals surface area contributed by atoms with E-state index in [2.05, 4.69) is 469 Å². The molecule has 113 heavy (non-hydrogen) atoms. The number of nitrogens with zero attached hydrogens (tertiary/aromatic N) is 1. The van der Waals surface area contributed by atoms with Crippen LogP contribution in [-0.4, -0.2) is 0 Å². The maximum Gasteiger partial charge on any atom is 0.0470 e. The molecule has 0 unspecified atom stereocenters. The third-order valence-electron chi connectivity index (χ3n) is 23.8. The number of anilines is 3. The molecule has 0 spiro atoms. The highest BCUT2D eigenvalue weighted by Gasteiger charge is 2.38. The summed E-state index contributed by atoms with van der Waals surface area (Å²) < 4.78 is 1.13. The fourth-order valence-electron chi connectivity index (χ4n) is 16.2. The van der Waals surface area contributed by atoms with Crippen molar-refractivity contribution in [2.75, 3.05) is 4.90 Å². The minimum Gasteiger partial charge on any atom is -0.310 e. The zero-order chi connectivity index (χ0) is 82.3. The quantitative estimate of drug-likeness (QED) is 0.139. The molecule has 0 fully saturated rings. The molecular weight excluding hydrogens is 1430 g/mol. The predicted molar refractivity (Wildman–Crippen MR) is 497 cm³/mol. The van der Waals surface area contributed by atoms with Crippen molar-refractivity contribution in [3.8, 4) is 66.8 Å². The molecule has 0 saturated heterocycles. The van der Waals surface area contributed by atoms with Crippen molar-refractivity contribution in [1.82, 2.24) is 0 Å². The topological polar surface area (TPSA) is 3.24 Å². The molecule has 0 amide bonds. The van der Waals surface area contributed by atoms with Gasteiger partial charge < -0.3 is 4.90 Å². The number of hydrogen-bond acceptors (Lipinski definition) is 1. The van der Waals surface area contributed by atoms with Gasteiger partial charge in [0.25, 0.3) is 0 Å². The van der Waals surface area contributed by atoms with Crippen LogP contribution in [0.25, 0.3) is 66.8 Å². The smallest absolute Gasteiger partial charge is 0.0470 e. The van der Waals surface area contributed by atoms with E-state index in [9.17, 15) is 0 Å². The molecule has 0 radical (unpaired) electrons. The van der Waals surface area contributed by atoms with E-state index in [1.54, 1.807) is 0 Å². The first-order valence-electron chi connectivity index (χ1n) is 41.4. The van der Waals surface area contributed by atoms with Crippen LogP contribution in [0.1, 0.15) is 272 Å². The van der Waals surface area contributed by atoms with E-state index in [-0.39, 0.29) is 54.1 Å². The number of hydrogen-bond donors (Lipinski definition) is 0. The first-order valence-corrected chi connectivity index (χ1v) is 42.2. The van der Waals surface area contributed by atoms with Crippen LogP contribution in [0.3, 0.4) is 0 Å². The molecule has 0 aliphatic heterocycles. The summed E-state index contributed by atoms with van der Waals surface area (Å²) in [6, 6.07) is 96.6. The lowest BCUT2D eigenvalue weighted by Gasteiger charge is -2.30. The Morgan fingerprint density at radius 3 is 0.903 bits per heavy atom. The second-order valence-corrected chi connectivity index (χ2v) is 42.9. The van der Waals surface area contributed by atoms with Crippen molar-refractivity contribution in [2.45, 2.75) is 254 Å². The molecule has 2 heteroatoms. The summed E-state index contributed by atoms with van der Waals surface area (Å²) in [6.45, 7) is 65.0. The molecule has 12 aromatic carbocycles. The van der Waals surface area contributed by atoms with E-state index < -0.39 is 0 Å². The van der Waals surface area contributed by atoms with Crippen LogP contribution in [0.5, 0.6) is 0 Å². The zero-order valence-electron chi connectivity index (χ0n) is 73.8. The minimum absolute atomic E-state index is 0.0331. The molecular formula is C111H128BrN. The van der Waals surface area contributed by atoms with Gasteiger partial charge in [-0.1, -0.05) is 404 Å². The maximum absolute atomic E-state index is 3.79. The highest BCUT2D eigenvalue weighted by atomic mass is 79.9. The van der Waals surface area contributed by atoms with Crippen molar-refractivity contribution < 1.29 is 0 Å². The van der Waals surface area contributed by atoms with E-state index in [1.807, 2.05) is 0 Å². The van der Waals surface area contributed by atoms with Gasteiger partial charge in [0, 0.05) is 32.4 Å². The van der Waals surface area contributed by atoms with Crippen molar-refractivity contribution in [3.05, 3.63) is 337 Å². The van der Waals surface area contributed by atoms with Gasteiger partial charge in [-0.3, -0.25) is 0 Å². The number of halogens is 1. The molecule has 0 heterocycles. The standard InChI is InChI=1S/C55H63N.C34H45Br.C22H20/c1-51(2,3)40-27-36(38-29-41(52(4,5)6)33-42(30-38)53(7,8)9)26-37(28-40)39-31-43(54(10,11)12)34-46(32-39)56(44-20-16-15-17-21-44)45-24-25-48-47-22-18-19-23-49(47)55(13,14)50(48)35-45;1-31(2,3)26-14-22(24-16-27(32(4,5)6)20-28(17-24)33(7,8)9)13-23(15-26)25-18-29(34(10,11)12)21-30(35)19-25;1-22(2)20-11-7-6-10-18(20)19-13-12-17(15-21(19)22)14-16-8-4-3-5-9-16/h15-35H,1-14H3;13-21H,1-12H3;3-13,15H,14H2,1-2H3. The number of para-hydroxylation sites is 1. The highest BCUT2D eigenvalue weighted by molar-refractivity contribution is 9.10. The van der Waals surface area contributed by atoms with Crippen molar-refractivity contribution in [1.29, 1.82) is 0 Å². The summed E-state index contributed by atoms with van der Waals surface area (Å²) in [5, 5.41) is 0. The van der Waals surface area contributed by atoms with Gasteiger partial charge in [-0.15, -0.1) is 0 Å². The maximum atomic E-state index is 3.79. The average molecular weight is 1560 g/mol. The van der Waals surface area contributed by atoms with E-state index >= 15 is 0 Å². The molecule has 0 saturated carbocycles. The Bertz CT molecular complexity index is 5410. The third kappa shape index (κ3) is 18.4. The van der Waals surface area contributed by atoms with E-state index in [4.69, 9.17) is 0 Å². The molecule has 584 valence electrons. The lowest BCUT2D eigenvalue weighted by molar-refractivity contribution is 0.568. The summed E-state index contributed by atoms with van der Waals surface area (Å²) in [7, 11) is 0. The fourth-order valence-corrected chi connectivity index (χ4v) is 16.7. The van der Waals surface area contributed by atoms with Crippen LogP contribution in [-0.2, 0) is 60.6 Å². The van der Waals surface area contributed by atoms with Crippen LogP contribution < -0.4 is 4.90 Å². The molecule has 0 aromatic heterocycles. The molecule has 0 atom stereocenters. The summed E-state index contributed by atoms with van der Waals surface area (Å²) in [4.78, 5) is 2.47. The van der Waals surface area contributed by atoms with Gasteiger partial charge in [-0.2, -0.15) is 0 Å². The van der Waals surface area contributed by atoms with Gasteiger partial charge in [0.15, 0.2) is 0 Å². The summed E-state index contributed by atoms with van der Waals surface area (Å²) in [5.41, 5.74) is 38.8. The van der Waals surface area contributed by atoms with Gasteiger partial charge in [-0.25, -0.2) is 0 Å². The van der Waals surface area contributed by atoms with E-state index in [0.29, 0.717) is 0 Å². The van der Waals surface area contributed by atoms with E-state index in [0.717, 1.165) is 16.6 Å². The van der Waals surface area contributed by atoms with Gasteiger partial charge in [-0.05, 0) is 255 Å². The van der Waals surface area contributed by atoms with Crippen molar-refractivity contribution in [2.24, 2.45) is 0 Å². The van der Waals surface area contributed by atoms with Gasteiger partial charge >= 0.3 is 0 Å². The van der Waals surface area contributed by atoms with E-state index in [1.165, 1.54) is 156 Å². The van der Waals surface area contributed by atoms with Crippen molar-refractivity contribution in [3.63, 3.8) is 0 Å². The van der Waals surface area contributed by atoms with Crippen molar-refractivity contribution >= 4 is 33.0 Å². The fraction of sp³-hybridized carbons (Fsp3) is 0.351. The Morgan fingerprint density at radius 1 is 0.221 bits per heavy atom. The van der Waals surface area contributed by atoms with Gasteiger partial charge in [0.05, 0.1) is 0 Å². The van der Waals surface area contributed by atoms with Crippen LogP contribution in [0.15, 0.2) is 259 Å². The lowest BCUT2D eigenvalue weighted by atomic mass is 9.78. The number of benzene rings is 12. The molecule has 1 nitrogen and oxygen atoms in total. The monoisotopic (exact) mass is 1550 g/mol. The summed E-state index contributed by atoms with van der Waals surface area (Å²) in [5.74, 6) is 0. The number of fused-ring (bicyclic) bond motifs is 6. The zero-order valence-corrected chi connectivity index (χ0v) is 75.4. The Balaban J connectivity index is 0.000000175. The summed E-state index contributed by atoms with van der Waals surface area (Å²) >= 11 is 3.79. The largest absolute Gasteiger partial charge is 0.310 e. The average Bonchev–Trinajstić information content (AvgIpc) is 1.60. The second-order valence-electron chi connectivity index (χ2n) is 42.0. The Hall–Kier alpha value is -9.08. The van der Waals surface area contributed by atoms with Crippen LogP contribution >= 0.6 is 15.9 Å². The molecule has 0 N–H and O–H groups in total. The minimum atomic E-state index is -0.0936. The first-order chi connectivity index (χ1) is 52.4. The Labute approximate surface area is 691 Å². The molecule has 0 bridgehead atoms. The molecule has 2 aliphatic rings. The molecule has 14 rings (SSSR count). The van der Waals surface area contributed by atoms with Gasteiger partial charge in [0.2, 0.25) is 0 Å². The number of rotatable bonds is 9. The SMILES string of the molecule is CC(C)(C)c1cc(-c2cc(N(c3ccccc3)c3ccc4c(c3)C(C)(C)c3ccccc3-4)cc(C(C)(C)C)c2)cc(-c2cc(C(C)(C)C)cc(C(C)(C)C)c2)c1.CC(C)(C)c1cc(Br)cc(-c2cc(-c3cc(C(C)(C)C)cc(C(C)(C)C)c3)cc(C(C)(C)C)c2)c1.CC1(C)c2ccccc2-c2ccc(Cc3ccccc3)cc21. The third-order valence-corrected chi connectivity index (χ3v) is 24.3. The summed E-state index contributed by atoms with van der Waals surface area (Å²) in [6.07, 6.45) is 1.00. The highest BCUT2D eigenvalue weighted by Crippen LogP contribution is 2.53.